The summed E-state index contributed by atoms with van der Waals surface area (Å²) in [4.78, 5) is 6.65. The summed E-state index contributed by atoms with van der Waals surface area (Å²) in [5.74, 6) is 1.72. The number of piperazine rings is 1. The maximum Gasteiger partial charge on any atom is 0.208 e. The van der Waals surface area contributed by atoms with Crippen LogP contribution in [0.3, 0.4) is 0 Å². The molecule has 4 nitrogen and oxygen atoms in total. The van der Waals surface area contributed by atoms with Crippen molar-refractivity contribution >= 4 is 0 Å². The zero-order valence-electron chi connectivity index (χ0n) is 9.66. The van der Waals surface area contributed by atoms with Crippen LogP contribution in [0.25, 0.3) is 0 Å². The van der Waals surface area contributed by atoms with Crippen molar-refractivity contribution < 1.29 is 4.42 Å². The summed E-state index contributed by atoms with van der Waals surface area (Å²) in [6.45, 7) is 9.29. The van der Waals surface area contributed by atoms with Crippen LogP contribution < -0.4 is 5.32 Å². The second kappa shape index (κ2) is 4.33. The predicted molar refractivity (Wildman–Crippen MR) is 58.6 cm³/mol. The molecule has 0 bridgehead atoms. The molecule has 1 saturated heterocycles. The van der Waals surface area contributed by atoms with Crippen molar-refractivity contribution in [1.29, 1.82) is 0 Å². The summed E-state index contributed by atoms with van der Waals surface area (Å²) in [5.41, 5.74) is 0. The standard InChI is InChI=1S/C11H19N3O/c1-8-6-14(9(2)4-12-8)7-11-13-5-10(3)15-11/h5,8-9,12H,4,6-7H2,1-3H3. The molecule has 0 aliphatic carbocycles. The average molecular weight is 209 g/mol. The summed E-state index contributed by atoms with van der Waals surface area (Å²) < 4.78 is 5.50. The summed E-state index contributed by atoms with van der Waals surface area (Å²) in [6.07, 6.45) is 1.78. The van der Waals surface area contributed by atoms with E-state index < -0.39 is 0 Å². The van der Waals surface area contributed by atoms with E-state index in [9.17, 15) is 0 Å². The Morgan fingerprint density at radius 1 is 1.60 bits per heavy atom. The highest BCUT2D eigenvalue weighted by Crippen LogP contribution is 2.12. The van der Waals surface area contributed by atoms with Crippen LogP contribution in [0.15, 0.2) is 10.6 Å². The molecule has 0 amide bonds. The summed E-state index contributed by atoms with van der Waals surface area (Å²) in [6, 6.07) is 1.10. The minimum absolute atomic E-state index is 0.549. The van der Waals surface area contributed by atoms with Crippen LogP contribution in [0.2, 0.25) is 0 Å². The van der Waals surface area contributed by atoms with E-state index >= 15 is 0 Å². The molecule has 1 aromatic heterocycles. The molecule has 15 heavy (non-hydrogen) atoms. The Kier molecular flexibility index (Phi) is 3.07. The lowest BCUT2D eigenvalue weighted by atomic mass is 10.1. The maximum absolute atomic E-state index is 5.50. The zero-order chi connectivity index (χ0) is 10.8. The third-order valence-corrected chi connectivity index (χ3v) is 2.90. The highest BCUT2D eigenvalue weighted by Gasteiger charge is 2.23. The Morgan fingerprint density at radius 3 is 3.07 bits per heavy atom. The van der Waals surface area contributed by atoms with Gasteiger partial charge in [-0.2, -0.15) is 0 Å². The number of nitrogens with one attached hydrogen (secondary N) is 1. The Hall–Kier alpha value is -0.870. The third-order valence-electron chi connectivity index (χ3n) is 2.90. The maximum atomic E-state index is 5.50. The highest BCUT2D eigenvalue weighted by atomic mass is 16.4. The first-order chi connectivity index (χ1) is 7.15. The molecule has 0 saturated carbocycles. The summed E-state index contributed by atoms with van der Waals surface area (Å²) in [5, 5.41) is 3.46. The van der Waals surface area contributed by atoms with Crippen LogP contribution in [0.5, 0.6) is 0 Å². The summed E-state index contributed by atoms with van der Waals surface area (Å²) >= 11 is 0. The second-order valence-electron chi connectivity index (χ2n) is 4.45. The molecule has 1 aliphatic heterocycles. The number of hydrogen-bond donors (Lipinski definition) is 1. The highest BCUT2D eigenvalue weighted by molar-refractivity contribution is 4.92. The fourth-order valence-corrected chi connectivity index (χ4v) is 1.97. The molecular formula is C11H19N3O. The van der Waals surface area contributed by atoms with Crippen molar-refractivity contribution in [3.05, 3.63) is 17.8 Å². The lowest BCUT2D eigenvalue weighted by Gasteiger charge is -2.36. The fourth-order valence-electron chi connectivity index (χ4n) is 1.97. The van der Waals surface area contributed by atoms with Crippen LogP contribution in [0.1, 0.15) is 25.5 Å². The smallest absolute Gasteiger partial charge is 0.208 e. The molecule has 2 atom stereocenters. The topological polar surface area (TPSA) is 41.3 Å². The van der Waals surface area contributed by atoms with E-state index in [2.05, 4.69) is 29.0 Å². The Labute approximate surface area is 90.7 Å². The van der Waals surface area contributed by atoms with E-state index in [1.165, 1.54) is 0 Å². The van der Waals surface area contributed by atoms with Gasteiger partial charge in [-0.1, -0.05) is 0 Å². The normalized spacial score (nSPS) is 28.2. The largest absolute Gasteiger partial charge is 0.445 e. The molecule has 1 aliphatic rings. The van der Waals surface area contributed by atoms with E-state index in [0.717, 1.165) is 31.3 Å². The van der Waals surface area contributed by atoms with Gasteiger partial charge in [0.1, 0.15) is 5.76 Å². The van der Waals surface area contributed by atoms with Crippen molar-refractivity contribution in [2.24, 2.45) is 0 Å². The second-order valence-corrected chi connectivity index (χ2v) is 4.45. The van der Waals surface area contributed by atoms with E-state index in [1.54, 1.807) is 6.20 Å². The molecule has 1 aromatic rings. The first-order valence-corrected chi connectivity index (χ1v) is 5.54. The van der Waals surface area contributed by atoms with Gasteiger partial charge in [-0.25, -0.2) is 4.98 Å². The zero-order valence-corrected chi connectivity index (χ0v) is 9.66. The Balaban J connectivity index is 1.98. The number of aromatic nitrogens is 1. The van der Waals surface area contributed by atoms with E-state index in [-0.39, 0.29) is 0 Å². The van der Waals surface area contributed by atoms with Crippen LogP contribution in [0.4, 0.5) is 0 Å². The SMILES string of the molecule is Cc1cnc(CN2CC(C)NCC2C)o1. The number of oxazole rings is 1. The first kappa shape index (κ1) is 10.6. The van der Waals surface area contributed by atoms with E-state index in [1.807, 2.05) is 6.92 Å². The van der Waals surface area contributed by atoms with Gasteiger partial charge >= 0.3 is 0 Å². The van der Waals surface area contributed by atoms with Gasteiger partial charge in [0.15, 0.2) is 0 Å². The monoisotopic (exact) mass is 209 g/mol. The van der Waals surface area contributed by atoms with Gasteiger partial charge in [0, 0.05) is 25.2 Å². The van der Waals surface area contributed by atoms with Crippen molar-refractivity contribution in [1.82, 2.24) is 15.2 Å². The average Bonchev–Trinajstić information content (AvgIpc) is 2.58. The minimum Gasteiger partial charge on any atom is -0.445 e. The van der Waals surface area contributed by atoms with Gasteiger partial charge in [-0.05, 0) is 20.8 Å². The predicted octanol–water partition coefficient (Wildman–Crippen LogP) is 1.17. The fraction of sp³-hybridized carbons (Fsp3) is 0.727. The van der Waals surface area contributed by atoms with Gasteiger partial charge in [0.25, 0.3) is 0 Å². The molecule has 2 heterocycles. The number of aryl methyl sites for hydroxylation is 1. The van der Waals surface area contributed by atoms with Gasteiger partial charge < -0.3 is 9.73 Å². The molecule has 84 valence electrons. The van der Waals surface area contributed by atoms with E-state index in [0.29, 0.717) is 12.1 Å². The Bertz CT molecular complexity index is 323. The first-order valence-electron chi connectivity index (χ1n) is 5.54. The number of nitrogens with zero attached hydrogens (tertiary/aromatic N) is 2. The third kappa shape index (κ3) is 2.58. The molecular weight excluding hydrogens is 190 g/mol. The van der Waals surface area contributed by atoms with Crippen LogP contribution in [0, 0.1) is 6.92 Å². The van der Waals surface area contributed by atoms with Gasteiger partial charge in [-0.3, -0.25) is 4.90 Å². The lowest BCUT2D eigenvalue weighted by Crippen LogP contribution is -2.53. The summed E-state index contributed by atoms with van der Waals surface area (Å²) in [7, 11) is 0. The molecule has 1 fully saturated rings. The minimum atomic E-state index is 0.549. The quantitative estimate of drug-likeness (QED) is 0.793. The lowest BCUT2D eigenvalue weighted by molar-refractivity contribution is 0.126. The number of rotatable bonds is 2. The Morgan fingerprint density at radius 2 is 2.40 bits per heavy atom. The molecule has 2 rings (SSSR count). The van der Waals surface area contributed by atoms with E-state index in [4.69, 9.17) is 4.42 Å². The molecule has 4 heteroatoms. The number of hydrogen-bond acceptors (Lipinski definition) is 4. The van der Waals surface area contributed by atoms with Crippen molar-refractivity contribution in [3.63, 3.8) is 0 Å². The van der Waals surface area contributed by atoms with Crippen LogP contribution in [-0.2, 0) is 6.54 Å². The van der Waals surface area contributed by atoms with Crippen molar-refractivity contribution in [2.45, 2.75) is 39.4 Å². The van der Waals surface area contributed by atoms with Crippen LogP contribution >= 0.6 is 0 Å². The van der Waals surface area contributed by atoms with Gasteiger partial charge in [-0.15, -0.1) is 0 Å². The van der Waals surface area contributed by atoms with Gasteiger partial charge in [0.05, 0.1) is 12.7 Å². The molecule has 2 unspecified atom stereocenters. The van der Waals surface area contributed by atoms with Crippen molar-refractivity contribution in [3.8, 4) is 0 Å². The molecule has 0 aromatic carbocycles. The molecule has 1 N–H and O–H groups in total. The van der Waals surface area contributed by atoms with Crippen LogP contribution in [-0.4, -0.2) is 35.1 Å². The van der Waals surface area contributed by atoms with Crippen molar-refractivity contribution in [2.75, 3.05) is 13.1 Å². The van der Waals surface area contributed by atoms with Gasteiger partial charge in [0.2, 0.25) is 5.89 Å². The molecule has 0 radical (unpaired) electrons. The molecule has 0 spiro atoms.